The summed E-state index contributed by atoms with van der Waals surface area (Å²) in [6, 6.07) is 3.85. The van der Waals surface area contributed by atoms with Crippen LogP contribution in [0, 0.1) is 5.82 Å². The molecule has 0 saturated heterocycles. The second-order valence-corrected chi connectivity index (χ2v) is 3.71. The van der Waals surface area contributed by atoms with Crippen LogP contribution in [0.25, 0.3) is 0 Å². The van der Waals surface area contributed by atoms with Crippen molar-refractivity contribution >= 4 is 0 Å². The monoisotopic (exact) mass is 233 g/mol. The molecule has 2 nitrogen and oxygen atoms in total. The minimum Gasteiger partial charge on any atom is -0.435 e. The Balaban J connectivity index is 2.73. The minimum atomic E-state index is -2.94. The van der Waals surface area contributed by atoms with Gasteiger partial charge < -0.3 is 10.1 Å². The molecule has 0 aliphatic carbocycles. The van der Waals surface area contributed by atoms with E-state index < -0.39 is 12.4 Å². The van der Waals surface area contributed by atoms with E-state index >= 15 is 0 Å². The van der Waals surface area contributed by atoms with E-state index in [0.717, 1.165) is 6.07 Å². The molecule has 0 amide bonds. The molecule has 0 atom stereocenters. The van der Waals surface area contributed by atoms with E-state index in [9.17, 15) is 13.2 Å². The van der Waals surface area contributed by atoms with Gasteiger partial charge in [0.2, 0.25) is 0 Å². The van der Waals surface area contributed by atoms with Gasteiger partial charge in [-0.1, -0.05) is 13.8 Å². The van der Waals surface area contributed by atoms with Gasteiger partial charge in [-0.3, -0.25) is 0 Å². The van der Waals surface area contributed by atoms with Gasteiger partial charge in [0.1, 0.15) is 11.6 Å². The molecule has 0 spiro atoms. The van der Waals surface area contributed by atoms with Gasteiger partial charge in [0.15, 0.2) is 0 Å². The number of halogens is 3. The Kier molecular flexibility index (Phi) is 4.61. The molecule has 0 bridgehead atoms. The predicted octanol–water partition coefficient (Wildman–Crippen LogP) is 2.93. The highest BCUT2D eigenvalue weighted by Gasteiger charge is 2.07. The summed E-state index contributed by atoms with van der Waals surface area (Å²) in [4.78, 5) is 0. The topological polar surface area (TPSA) is 21.3 Å². The Labute approximate surface area is 92.4 Å². The second kappa shape index (κ2) is 5.75. The predicted molar refractivity (Wildman–Crippen MR) is 55.0 cm³/mol. The lowest BCUT2D eigenvalue weighted by Crippen LogP contribution is -2.21. The van der Waals surface area contributed by atoms with Crippen LogP contribution in [0.2, 0.25) is 0 Å². The normalized spacial score (nSPS) is 11.2. The first kappa shape index (κ1) is 12.8. The molecule has 0 aliphatic rings. The highest BCUT2D eigenvalue weighted by Crippen LogP contribution is 2.18. The van der Waals surface area contributed by atoms with Crippen LogP contribution in [0.1, 0.15) is 19.4 Å². The summed E-state index contributed by atoms with van der Waals surface area (Å²) in [5, 5.41) is 3.06. The smallest absolute Gasteiger partial charge is 0.387 e. The molecule has 0 heterocycles. The molecule has 5 heteroatoms. The third-order valence-corrected chi connectivity index (χ3v) is 1.87. The van der Waals surface area contributed by atoms with Crippen LogP contribution in [0.15, 0.2) is 18.2 Å². The lowest BCUT2D eigenvalue weighted by atomic mass is 10.2. The first-order valence-electron chi connectivity index (χ1n) is 4.95. The average molecular weight is 233 g/mol. The van der Waals surface area contributed by atoms with Crippen molar-refractivity contribution in [3.8, 4) is 5.75 Å². The van der Waals surface area contributed by atoms with Crippen molar-refractivity contribution in [2.24, 2.45) is 0 Å². The zero-order valence-electron chi connectivity index (χ0n) is 9.14. The fourth-order valence-electron chi connectivity index (χ4n) is 1.22. The average Bonchev–Trinajstić information content (AvgIpc) is 2.12. The molecule has 0 aromatic heterocycles. The Morgan fingerprint density at radius 3 is 2.50 bits per heavy atom. The van der Waals surface area contributed by atoms with E-state index in [4.69, 9.17) is 0 Å². The molecule has 1 aromatic carbocycles. The van der Waals surface area contributed by atoms with Crippen molar-refractivity contribution in [2.75, 3.05) is 0 Å². The summed E-state index contributed by atoms with van der Waals surface area (Å²) in [7, 11) is 0. The molecule has 1 rings (SSSR count). The molecule has 1 aromatic rings. The second-order valence-electron chi connectivity index (χ2n) is 3.71. The van der Waals surface area contributed by atoms with E-state index in [1.54, 1.807) is 0 Å². The van der Waals surface area contributed by atoms with E-state index in [2.05, 4.69) is 10.1 Å². The van der Waals surface area contributed by atoms with Gasteiger partial charge in [-0.25, -0.2) is 4.39 Å². The van der Waals surface area contributed by atoms with Crippen LogP contribution < -0.4 is 10.1 Å². The summed E-state index contributed by atoms with van der Waals surface area (Å²) < 4.78 is 41.1. The summed E-state index contributed by atoms with van der Waals surface area (Å²) in [6.45, 7) is 1.36. The largest absolute Gasteiger partial charge is 0.435 e. The maximum Gasteiger partial charge on any atom is 0.387 e. The lowest BCUT2D eigenvalue weighted by molar-refractivity contribution is -0.0500. The Morgan fingerprint density at radius 2 is 1.94 bits per heavy atom. The van der Waals surface area contributed by atoms with Gasteiger partial charge in [-0.15, -0.1) is 0 Å². The number of ether oxygens (including phenoxy) is 1. The standard InChI is InChI=1S/C11H14F3NO/c1-7(2)15-6-8-3-9(12)5-10(4-8)16-11(13)14/h3-5,7,11,15H,6H2,1-2H3. The summed E-state index contributed by atoms with van der Waals surface area (Å²) >= 11 is 0. The quantitative estimate of drug-likeness (QED) is 0.844. The van der Waals surface area contributed by atoms with Crippen LogP contribution in [-0.2, 0) is 6.54 Å². The molecule has 0 unspecified atom stereocenters. The van der Waals surface area contributed by atoms with Gasteiger partial charge >= 0.3 is 6.61 Å². The minimum absolute atomic E-state index is 0.157. The highest BCUT2D eigenvalue weighted by atomic mass is 19.3. The van der Waals surface area contributed by atoms with E-state index in [0.29, 0.717) is 12.1 Å². The van der Waals surface area contributed by atoms with Crippen LogP contribution >= 0.6 is 0 Å². The molecule has 0 saturated carbocycles. The molecule has 16 heavy (non-hydrogen) atoms. The zero-order chi connectivity index (χ0) is 12.1. The SMILES string of the molecule is CC(C)NCc1cc(F)cc(OC(F)F)c1. The Morgan fingerprint density at radius 1 is 1.25 bits per heavy atom. The van der Waals surface area contributed by atoms with Gasteiger partial charge in [0.05, 0.1) is 0 Å². The van der Waals surface area contributed by atoms with E-state index in [-0.39, 0.29) is 11.8 Å². The molecule has 0 fully saturated rings. The van der Waals surface area contributed by atoms with Crippen LogP contribution in [0.5, 0.6) is 5.75 Å². The fraction of sp³-hybridized carbons (Fsp3) is 0.455. The van der Waals surface area contributed by atoms with Crippen LogP contribution in [-0.4, -0.2) is 12.7 Å². The maximum atomic E-state index is 13.0. The molecular formula is C11H14F3NO. The third-order valence-electron chi connectivity index (χ3n) is 1.87. The van der Waals surface area contributed by atoms with Crippen molar-refractivity contribution in [3.63, 3.8) is 0 Å². The van der Waals surface area contributed by atoms with Crippen molar-refractivity contribution in [3.05, 3.63) is 29.6 Å². The molecule has 1 N–H and O–H groups in total. The zero-order valence-corrected chi connectivity index (χ0v) is 9.14. The number of nitrogens with one attached hydrogen (secondary N) is 1. The van der Waals surface area contributed by atoms with E-state index in [1.165, 1.54) is 12.1 Å². The maximum absolute atomic E-state index is 13.0. The van der Waals surface area contributed by atoms with Gasteiger partial charge in [-0.05, 0) is 17.7 Å². The van der Waals surface area contributed by atoms with Gasteiger partial charge in [-0.2, -0.15) is 8.78 Å². The molecular weight excluding hydrogens is 219 g/mol. The molecule has 0 aliphatic heterocycles. The summed E-state index contributed by atoms with van der Waals surface area (Å²) in [5.41, 5.74) is 0.573. The summed E-state index contributed by atoms with van der Waals surface area (Å²) in [6.07, 6.45) is 0. The van der Waals surface area contributed by atoms with Gasteiger partial charge in [0.25, 0.3) is 0 Å². The number of rotatable bonds is 5. The number of hydrogen-bond donors (Lipinski definition) is 1. The van der Waals surface area contributed by atoms with Crippen molar-refractivity contribution < 1.29 is 17.9 Å². The Hall–Kier alpha value is -1.23. The molecule has 0 radical (unpaired) electrons. The molecule has 90 valence electrons. The van der Waals surface area contributed by atoms with Crippen molar-refractivity contribution in [1.29, 1.82) is 0 Å². The third kappa shape index (κ3) is 4.53. The lowest BCUT2D eigenvalue weighted by Gasteiger charge is -2.10. The van der Waals surface area contributed by atoms with Crippen LogP contribution in [0.3, 0.4) is 0 Å². The Bertz CT molecular complexity index is 342. The number of benzene rings is 1. The number of alkyl halides is 2. The fourth-order valence-corrected chi connectivity index (χ4v) is 1.22. The first-order chi connectivity index (χ1) is 7.47. The van der Waals surface area contributed by atoms with Crippen molar-refractivity contribution in [2.45, 2.75) is 33.0 Å². The highest BCUT2D eigenvalue weighted by molar-refractivity contribution is 5.29. The van der Waals surface area contributed by atoms with Gasteiger partial charge in [0, 0.05) is 18.7 Å². The number of hydrogen-bond acceptors (Lipinski definition) is 2. The first-order valence-corrected chi connectivity index (χ1v) is 4.95. The van der Waals surface area contributed by atoms with Crippen LogP contribution in [0.4, 0.5) is 13.2 Å². The summed E-state index contributed by atoms with van der Waals surface area (Å²) in [5.74, 6) is -0.741. The van der Waals surface area contributed by atoms with Crippen molar-refractivity contribution in [1.82, 2.24) is 5.32 Å². The van der Waals surface area contributed by atoms with E-state index in [1.807, 2.05) is 13.8 Å².